The first-order chi connectivity index (χ1) is 7.91. The van der Waals surface area contributed by atoms with E-state index in [-0.39, 0.29) is 0 Å². The molecule has 16 heavy (non-hydrogen) atoms. The van der Waals surface area contributed by atoms with E-state index in [9.17, 15) is 0 Å². The second-order valence-electron chi connectivity index (χ2n) is 4.49. The summed E-state index contributed by atoms with van der Waals surface area (Å²) in [7, 11) is 0. The van der Waals surface area contributed by atoms with Crippen LogP contribution in [-0.4, -0.2) is 0 Å². The molecule has 0 N–H and O–H groups in total. The number of unbranched alkanes of at least 4 members (excludes halogenated alkanes) is 11. The van der Waals surface area contributed by atoms with Crippen molar-refractivity contribution in [3.63, 3.8) is 0 Å². The number of rotatable bonds is 11. The van der Waals surface area contributed by atoms with Crippen LogP contribution in [0.5, 0.6) is 0 Å². The van der Waals surface area contributed by atoms with Crippen molar-refractivity contribution in [3.8, 4) is 11.8 Å². The monoisotopic (exact) mass is 220 g/mol. The lowest BCUT2D eigenvalue weighted by molar-refractivity contribution is 0.554. The molecule has 92 valence electrons. The van der Waals surface area contributed by atoms with E-state index in [0.717, 1.165) is 12.8 Å². The lowest BCUT2D eigenvalue weighted by Gasteiger charge is -2.01. The standard InChI is InChI=1S/C16H28/c1-3-5-7-9-11-13-15-16-14-12-10-8-6-4-2/h1-3,5,7-16H2. The SMILES string of the molecule is [CH2]C#CCCCCCCCCCCCC[CH2]. The molecule has 0 unspecified atom stereocenters. The van der Waals surface area contributed by atoms with Crippen LogP contribution in [-0.2, 0) is 0 Å². The summed E-state index contributed by atoms with van der Waals surface area (Å²) >= 11 is 0. The zero-order valence-corrected chi connectivity index (χ0v) is 10.9. The molecule has 0 aromatic rings. The van der Waals surface area contributed by atoms with E-state index >= 15 is 0 Å². The van der Waals surface area contributed by atoms with Crippen molar-refractivity contribution in [2.24, 2.45) is 0 Å². The van der Waals surface area contributed by atoms with Gasteiger partial charge in [-0.15, -0.1) is 11.8 Å². The Morgan fingerprint density at radius 3 is 1.50 bits per heavy atom. The average molecular weight is 220 g/mol. The van der Waals surface area contributed by atoms with Gasteiger partial charge in [-0.3, -0.25) is 0 Å². The van der Waals surface area contributed by atoms with Crippen LogP contribution in [0.25, 0.3) is 0 Å². The zero-order valence-electron chi connectivity index (χ0n) is 10.9. The van der Waals surface area contributed by atoms with Gasteiger partial charge in [0.2, 0.25) is 0 Å². The van der Waals surface area contributed by atoms with Gasteiger partial charge in [0.05, 0.1) is 0 Å². The minimum absolute atomic E-state index is 1.04. The van der Waals surface area contributed by atoms with Gasteiger partial charge in [-0.25, -0.2) is 0 Å². The molecular weight excluding hydrogens is 192 g/mol. The molecule has 0 aromatic heterocycles. The predicted molar refractivity (Wildman–Crippen MR) is 73.9 cm³/mol. The Labute approximate surface area is 103 Å². The van der Waals surface area contributed by atoms with Crippen molar-refractivity contribution in [3.05, 3.63) is 13.8 Å². The summed E-state index contributed by atoms with van der Waals surface area (Å²) in [5.41, 5.74) is 0. The summed E-state index contributed by atoms with van der Waals surface area (Å²) in [4.78, 5) is 0. The maximum absolute atomic E-state index is 3.86. The average Bonchev–Trinajstić information content (AvgIpc) is 2.31. The van der Waals surface area contributed by atoms with Crippen LogP contribution in [0.3, 0.4) is 0 Å². The number of hydrogen-bond donors (Lipinski definition) is 0. The first-order valence-corrected chi connectivity index (χ1v) is 6.96. The highest BCUT2D eigenvalue weighted by molar-refractivity contribution is 5.00. The molecule has 0 aliphatic carbocycles. The van der Waals surface area contributed by atoms with Gasteiger partial charge >= 0.3 is 0 Å². The Kier molecular flexibility index (Phi) is 14.2. The lowest BCUT2D eigenvalue weighted by atomic mass is 10.1. The molecule has 2 radical (unpaired) electrons. The lowest BCUT2D eigenvalue weighted by Crippen LogP contribution is -1.82. The summed E-state index contributed by atoms with van der Waals surface area (Å²) in [6.45, 7) is 7.37. The molecule has 0 saturated heterocycles. The third-order valence-electron chi connectivity index (χ3n) is 2.93. The van der Waals surface area contributed by atoms with Crippen LogP contribution in [0, 0.1) is 25.7 Å². The van der Waals surface area contributed by atoms with Crippen LogP contribution < -0.4 is 0 Å². The van der Waals surface area contributed by atoms with E-state index in [1.165, 1.54) is 64.2 Å². The Balaban J connectivity index is 2.89. The topological polar surface area (TPSA) is 0 Å². The fourth-order valence-electron chi connectivity index (χ4n) is 1.89. The molecule has 0 aliphatic heterocycles. The van der Waals surface area contributed by atoms with Crippen molar-refractivity contribution in [2.45, 2.75) is 77.0 Å². The van der Waals surface area contributed by atoms with Crippen molar-refractivity contribution >= 4 is 0 Å². The Morgan fingerprint density at radius 2 is 1.06 bits per heavy atom. The maximum atomic E-state index is 3.86. The van der Waals surface area contributed by atoms with E-state index in [1.807, 2.05) is 0 Å². The summed E-state index contributed by atoms with van der Waals surface area (Å²) in [6, 6.07) is 0. The molecule has 0 aliphatic rings. The third kappa shape index (κ3) is 13.6. The van der Waals surface area contributed by atoms with Crippen LogP contribution in [0.4, 0.5) is 0 Å². The van der Waals surface area contributed by atoms with Gasteiger partial charge in [0.1, 0.15) is 0 Å². The molecule has 0 bridgehead atoms. The largest absolute Gasteiger partial charge is 0.103 e. The zero-order chi connectivity index (χ0) is 11.9. The number of hydrogen-bond acceptors (Lipinski definition) is 0. The van der Waals surface area contributed by atoms with Gasteiger partial charge in [0.15, 0.2) is 0 Å². The summed E-state index contributed by atoms with van der Waals surface area (Å²) in [5, 5.41) is 0. The van der Waals surface area contributed by atoms with Crippen molar-refractivity contribution < 1.29 is 0 Å². The Morgan fingerprint density at radius 1 is 0.625 bits per heavy atom. The summed E-state index contributed by atoms with van der Waals surface area (Å²) < 4.78 is 0. The molecule has 0 aromatic carbocycles. The van der Waals surface area contributed by atoms with Gasteiger partial charge in [-0.1, -0.05) is 71.1 Å². The Bertz CT molecular complexity index is 170. The van der Waals surface area contributed by atoms with Gasteiger partial charge in [-0.05, 0) is 6.42 Å². The van der Waals surface area contributed by atoms with E-state index in [0.29, 0.717) is 0 Å². The molecule has 0 spiro atoms. The van der Waals surface area contributed by atoms with E-state index in [1.54, 1.807) is 0 Å². The minimum atomic E-state index is 1.04. The molecule has 0 rings (SSSR count). The highest BCUT2D eigenvalue weighted by Gasteiger charge is 1.92. The Hall–Kier alpha value is -0.440. The predicted octanol–water partition coefficient (Wildman–Crippen LogP) is 5.34. The molecule has 0 atom stereocenters. The van der Waals surface area contributed by atoms with E-state index in [2.05, 4.69) is 25.7 Å². The van der Waals surface area contributed by atoms with Gasteiger partial charge < -0.3 is 0 Å². The summed E-state index contributed by atoms with van der Waals surface area (Å²) in [6.07, 6.45) is 15.9. The fraction of sp³-hybridized carbons (Fsp3) is 0.750. The third-order valence-corrected chi connectivity index (χ3v) is 2.93. The highest BCUT2D eigenvalue weighted by Crippen LogP contribution is 2.11. The van der Waals surface area contributed by atoms with Crippen molar-refractivity contribution in [2.75, 3.05) is 0 Å². The molecule has 0 amide bonds. The summed E-state index contributed by atoms with van der Waals surface area (Å²) in [5.74, 6) is 5.71. The van der Waals surface area contributed by atoms with Gasteiger partial charge in [-0.2, -0.15) is 0 Å². The highest BCUT2D eigenvalue weighted by atomic mass is 14.0. The molecule has 0 nitrogen and oxygen atoms in total. The second-order valence-corrected chi connectivity index (χ2v) is 4.49. The second kappa shape index (κ2) is 14.6. The minimum Gasteiger partial charge on any atom is -0.103 e. The first-order valence-electron chi connectivity index (χ1n) is 6.96. The first kappa shape index (κ1) is 15.6. The van der Waals surface area contributed by atoms with Crippen LogP contribution in [0.2, 0.25) is 0 Å². The van der Waals surface area contributed by atoms with E-state index < -0.39 is 0 Å². The quantitative estimate of drug-likeness (QED) is 0.326. The van der Waals surface area contributed by atoms with Crippen molar-refractivity contribution in [1.29, 1.82) is 0 Å². The molecular formula is C16H28. The molecule has 0 saturated carbocycles. The fourth-order valence-corrected chi connectivity index (χ4v) is 1.89. The molecule has 0 fully saturated rings. The van der Waals surface area contributed by atoms with E-state index in [4.69, 9.17) is 0 Å². The molecule has 0 heteroatoms. The maximum Gasteiger partial charge on any atom is 0.0198 e. The normalized spacial score (nSPS) is 9.88. The smallest absolute Gasteiger partial charge is 0.0198 e. The van der Waals surface area contributed by atoms with Crippen molar-refractivity contribution in [1.82, 2.24) is 0 Å². The van der Waals surface area contributed by atoms with Crippen LogP contribution in [0.15, 0.2) is 0 Å². The van der Waals surface area contributed by atoms with Crippen LogP contribution >= 0.6 is 0 Å². The van der Waals surface area contributed by atoms with Gasteiger partial charge in [0, 0.05) is 13.3 Å². The van der Waals surface area contributed by atoms with Crippen LogP contribution in [0.1, 0.15) is 77.0 Å². The van der Waals surface area contributed by atoms with Gasteiger partial charge in [0.25, 0.3) is 0 Å². The molecule has 0 heterocycles.